The number of hydrogen-bond acceptors (Lipinski definition) is 5. The van der Waals surface area contributed by atoms with Gasteiger partial charge in [-0.25, -0.2) is 0 Å². The molecule has 7 nitrogen and oxygen atoms in total. The number of amides is 2. The summed E-state index contributed by atoms with van der Waals surface area (Å²) in [6.07, 6.45) is 0.145. The van der Waals surface area contributed by atoms with Crippen molar-refractivity contribution in [1.29, 1.82) is 0 Å². The number of hydrogen-bond donors (Lipinski definition) is 2. The summed E-state index contributed by atoms with van der Waals surface area (Å²) in [5.41, 5.74) is 2.86. The van der Waals surface area contributed by atoms with Crippen LogP contribution in [0.3, 0.4) is 0 Å². The third kappa shape index (κ3) is 4.67. The average Bonchev–Trinajstić information content (AvgIpc) is 2.82. The molecular weight excluding hydrogens is 408 g/mol. The number of nitrogens with one attached hydrogen (secondary N) is 2. The molecule has 1 aliphatic rings. The zero-order valence-electron chi connectivity index (χ0n) is 17.9. The molecule has 164 valence electrons. The number of carbonyl (C=O) groups is 2. The Kier molecular flexibility index (Phi) is 6.26. The number of methoxy groups -OCH3 is 2. The molecule has 2 amide bonds. The summed E-state index contributed by atoms with van der Waals surface area (Å²) in [5, 5.41) is 5.73. The van der Waals surface area contributed by atoms with Crippen LogP contribution < -0.4 is 24.8 Å². The maximum absolute atomic E-state index is 12.5. The van der Waals surface area contributed by atoms with Crippen molar-refractivity contribution in [3.05, 3.63) is 77.9 Å². The SMILES string of the molecule is COc1ccc(CCC(=O)Nc2ccc3c(c2)NC(=O)C(c2ccccc2)O3)cc1OC. The molecule has 3 aromatic carbocycles. The highest BCUT2D eigenvalue weighted by atomic mass is 16.5. The largest absolute Gasteiger partial charge is 0.493 e. The Morgan fingerprint density at radius 3 is 2.53 bits per heavy atom. The highest BCUT2D eigenvalue weighted by molar-refractivity contribution is 6.00. The molecule has 3 aromatic rings. The van der Waals surface area contributed by atoms with Gasteiger partial charge in [0.15, 0.2) is 11.5 Å². The van der Waals surface area contributed by atoms with Gasteiger partial charge >= 0.3 is 0 Å². The lowest BCUT2D eigenvalue weighted by atomic mass is 10.1. The molecule has 0 bridgehead atoms. The minimum absolute atomic E-state index is 0.134. The summed E-state index contributed by atoms with van der Waals surface area (Å²) in [6, 6.07) is 20.1. The maximum atomic E-state index is 12.5. The molecule has 4 rings (SSSR count). The molecule has 2 N–H and O–H groups in total. The molecule has 0 aromatic heterocycles. The van der Waals surface area contributed by atoms with Crippen LogP contribution in [0.25, 0.3) is 0 Å². The zero-order valence-corrected chi connectivity index (χ0v) is 17.9. The van der Waals surface area contributed by atoms with Crippen LogP contribution in [0.5, 0.6) is 17.2 Å². The quantitative estimate of drug-likeness (QED) is 0.580. The van der Waals surface area contributed by atoms with E-state index in [1.807, 2.05) is 48.5 Å². The van der Waals surface area contributed by atoms with Crippen molar-refractivity contribution in [2.24, 2.45) is 0 Å². The van der Waals surface area contributed by atoms with Crippen molar-refractivity contribution in [2.45, 2.75) is 18.9 Å². The van der Waals surface area contributed by atoms with E-state index in [4.69, 9.17) is 14.2 Å². The number of anilines is 2. The molecule has 32 heavy (non-hydrogen) atoms. The summed E-state index contributed by atoms with van der Waals surface area (Å²) in [5.74, 6) is 1.45. The first-order valence-corrected chi connectivity index (χ1v) is 10.2. The fraction of sp³-hybridized carbons (Fsp3) is 0.200. The van der Waals surface area contributed by atoms with E-state index in [0.29, 0.717) is 41.5 Å². The molecule has 0 saturated carbocycles. The van der Waals surface area contributed by atoms with Gasteiger partial charge in [0.05, 0.1) is 19.9 Å². The van der Waals surface area contributed by atoms with Gasteiger partial charge in [-0.05, 0) is 42.3 Å². The van der Waals surface area contributed by atoms with Crippen LogP contribution in [0.2, 0.25) is 0 Å². The number of benzene rings is 3. The van der Waals surface area contributed by atoms with Crippen LogP contribution in [0, 0.1) is 0 Å². The molecule has 1 atom stereocenters. The molecule has 0 saturated heterocycles. The summed E-state index contributed by atoms with van der Waals surface area (Å²) in [6.45, 7) is 0. The van der Waals surface area contributed by atoms with Gasteiger partial charge in [0.2, 0.25) is 12.0 Å². The normalized spacial score (nSPS) is 14.6. The predicted molar refractivity (Wildman–Crippen MR) is 121 cm³/mol. The lowest BCUT2D eigenvalue weighted by Gasteiger charge is -2.26. The van der Waals surface area contributed by atoms with Crippen molar-refractivity contribution in [1.82, 2.24) is 0 Å². The lowest BCUT2D eigenvalue weighted by molar-refractivity contribution is -0.123. The Balaban J connectivity index is 1.38. The van der Waals surface area contributed by atoms with Gasteiger partial charge in [0, 0.05) is 17.7 Å². The molecule has 1 unspecified atom stereocenters. The summed E-state index contributed by atoms with van der Waals surface area (Å²) in [7, 11) is 3.16. The number of rotatable bonds is 7. The fourth-order valence-electron chi connectivity index (χ4n) is 3.55. The van der Waals surface area contributed by atoms with E-state index in [1.54, 1.807) is 32.4 Å². The topological polar surface area (TPSA) is 85.9 Å². The monoisotopic (exact) mass is 432 g/mol. The van der Waals surface area contributed by atoms with Crippen molar-refractivity contribution in [3.8, 4) is 17.2 Å². The van der Waals surface area contributed by atoms with E-state index in [0.717, 1.165) is 11.1 Å². The van der Waals surface area contributed by atoms with Crippen LogP contribution in [0.1, 0.15) is 23.7 Å². The average molecular weight is 432 g/mol. The molecule has 0 aliphatic carbocycles. The predicted octanol–water partition coefficient (Wildman–Crippen LogP) is 4.35. The standard InChI is InChI=1S/C25H24N2O5/c1-30-21-11-8-16(14-22(21)31-2)9-13-23(28)26-18-10-12-20-19(15-18)27-25(29)24(32-20)17-6-4-3-5-7-17/h3-8,10-12,14-15,24H,9,13H2,1-2H3,(H,26,28)(H,27,29). The van der Waals surface area contributed by atoms with Gasteiger partial charge in [0.25, 0.3) is 5.91 Å². The first-order valence-electron chi connectivity index (χ1n) is 10.2. The smallest absolute Gasteiger partial charge is 0.270 e. The number of carbonyl (C=O) groups excluding carboxylic acids is 2. The molecular formula is C25H24N2O5. The van der Waals surface area contributed by atoms with Crippen LogP contribution in [0.4, 0.5) is 11.4 Å². The number of ether oxygens (including phenoxy) is 3. The highest BCUT2D eigenvalue weighted by Gasteiger charge is 2.29. The van der Waals surface area contributed by atoms with E-state index in [-0.39, 0.29) is 11.8 Å². The van der Waals surface area contributed by atoms with Crippen molar-refractivity contribution in [2.75, 3.05) is 24.9 Å². The molecule has 0 radical (unpaired) electrons. The second-order valence-corrected chi connectivity index (χ2v) is 7.35. The van der Waals surface area contributed by atoms with E-state index in [2.05, 4.69) is 10.6 Å². The Bertz CT molecular complexity index is 1130. The lowest BCUT2D eigenvalue weighted by Crippen LogP contribution is -2.30. The first kappa shape index (κ1) is 21.2. The van der Waals surface area contributed by atoms with E-state index in [9.17, 15) is 9.59 Å². The number of aryl methyl sites for hydroxylation is 1. The van der Waals surface area contributed by atoms with Gasteiger partial charge < -0.3 is 24.8 Å². The summed E-state index contributed by atoms with van der Waals surface area (Å²) >= 11 is 0. The van der Waals surface area contributed by atoms with Crippen LogP contribution in [-0.2, 0) is 16.0 Å². The van der Waals surface area contributed by atoms with Crippen molar-refractivity contribution < 1.29 is 23.8 Å². The van der Waals surface area contributed by atoms with Crippen LogP contribution >= 0.6 is 0 Å². The van der Waals surface area contributed by atoms with E-state index in [1.165, 1.54) is 0 Å². The van der Waals surface area contributed by atoms with Gasteiger partial charge in [-0.15, -0.1) is 0 Å². The molecule has 7 heteroatoms. The number of fused-ring (bicyclic) bond motifs is 1. The summed E-state index contributed by atoms with van der Waals surface area (Å²) in [4.78, 5) is 25.0. The van der Waals surface area contributed by atoms with E-state index < -0.39 is 6.10 Å². The second kappa shape index (κ2) is 9.43. The zero-order chi connectivity index (χ0) is 22.5. The Hall–Kier alpha value is -4.00. The van der Waals surface area contributed by atoms with Gasteiger partial charge in [-0.1, -0.05) is 36.4 Å². The van der Waals surface area contributed by atoms with Gasteiger partial charge in [-0.3, -0.25) is 9.59 Å². The highest BCUT2D eigenvalue weighted by Crippen LogP contribution is 2.36. The molecule has 0 fully saturated rings. The van der Waals surface area contributed by atoms with E-state index >= 15 is 0 Å². The molecule has 0 spiro atoms. The summed E-state index contributed by atoms with van der Waals surface area (Å²) < 4.78 is 16.4. The molecule has 1 aliphatic heterocycles. The first-order chi connectivity index (χ1) is 15.6. The van der Waals surface area contributed by atoms with Crippen molar-refractivity contribution >= 4 is 23.2 Å². The Labute approximate surface area is 186 Å². The van der Waals surface area contributed by atoms with Crippen LogP contribution in [-0.4, -0.2) is 26.0 Å². The Morgan fingerprint density at radius 2 is 1.78 bits per heavy atom. The molecule has 1 heterocycles. The van der Waals surface area contributed by atoms with Gasteiger partial charge in [0.1, 0.15) is 5.75 Å². The van der Waals surface area contributed by atoms with Crippen LogP contribution in [0.15, 0.2) is 66.7 Å². The maximum Gasteiger partial charge on any atom is 0.270 e. The Morgan fingerprint density at radius 1 is 1.00 bits per heavy atom. The third-order valence-electron chi connectivity index (χ3n) is 5.20. The minimum atomic E-state index is -0.703. The minimum Gasteiger partial charge on any atom is -0.493 e. The van der Waals surface area contributed by atoms with Crippen molar-refractivity contribution in [3.63, 3.8) is 0 Å². The second-order valence-electron chi connectivity index (χ2n) is 7.35. The fourth-order valence-corrected chi connectivity index (χ4v) is 3.55. The van der Waals surface area contributed by atoms with Gasteiger partial charge in [-0.2, -0.15) is 0 Å². The third-order valence-corrected chi connectivity index (χ3v) is 5.20.